The minimum absolute atomic E-state index is 0.0197. The molecule has 8 nitrogen and oxygen atoms in total. The van der Waals surface area contributed by atoms with Gasteiger partial charge in [-0.05, 0) is 74.6 Å². The van der Waals surface area contributed by atoms with E-state index in [1.165, 1.54) is 17.7 Å². The molecule has 40 heavy (non-hydrogen) atoms. The summed E-state index contributed by atoms with van der Waals surface area (Å²) in [5.41, 5.74) is -2.58. The molecule has 2 aliphatic rings. The molecule has 2 heterocycles. The fourth-order valence-electron chi connectivity index (χ4n) is 5.06. The van der Waals surface area contributed by atoms with Crippen molar-refractivity contribution in [1.29, 1.82) is 0 Å². The highest BCUT2D eigenvalue weighted by Crippen LogP contribution is 2.32. The molecule has 2 aromatic carbocycles. The Bertz CT molecular complexity index is 1440. The molecule has 0 radical (unpaired) electrons. The van der Waals surface area contributed by atoms with Gasteiger partial charge in [0, 0.05) is 37.9 Å². The van der Waals surface area contributed by atoms with E-state index in [-0.39, 0.29) is 24.7 Å². The number of nitrogens with zero attached hydrogens (tertiary/aromatic N) is 3. The molecule has 13 heteroatoms. The zero-order valence-electron chi connectivity index (χ0n) is 22.0. The number of nitrogens with one attached hydrogen (secondary N) is 1. The number of amides is 1. The third-order valence-corrected chi connectivity index (χ3v) is 9.99. The SMILES string of the molecule is Cc1ccc2sc(N3CCN(C(=O)COC4CCC(Nc5ccc(S(=O)(=O)C(F)(F)F)cc5)CC4)CC3)nc2c1. The largest absolute Gasteiger partial charge is 0.501 e. The van der Waals surface area contributed by atoms with E-state index in [1.807, 2.05) is 4.90 Å². The number of hydrogen-bond donors (Lipinski definition) is 1. The highest BCUT2D eigenvalue weighted by Gasteiger charge is 2.46. The summed E-state index contributed by atoms with van der Waals surface area (Å²) in [6, 6.07) is 11.0. The fraction of sp³-hybridized carbons (Fsp3) is 0.481. The lowest BCUT2D eigenvalue weighted by Gasteiger charge is -2.35. The topological polar surface area (TPSA) is 91.8 Å². The molecule has 216 valence electrons. The highest BCUT2D eigenvalue weighted by atomic mass is 32.2. The predicted molar refractivity (Wildman–Crippen MR) is 148 cm³/mol. The van der Waals surface area contributed by atoms with Crippen molar-refractivity contribution >= 4 is 48.1 Å². The Morgan fingerprint density at radius 1 is 1.05 bits per heavy atom. The van der Waals surface area contributed by atoms with Crippen molar-refractivity contribution in [2.24, 2.45) is 0 Å². The van der Waals surface area contributed by atoms with Gasteiger partial charge in [0.05, 0.1) is 21.2 Å². The molecule has 1 saturated carbocycles. The average molecular weight is 597 g/mol. The number of fused-ring (bicyclic) bond motifs is 1. The number of alkyl halides is 3. The van der Waals surface area contributed by atoms with E-state index < -0.39 is 20.2 Å². The summed E-state index contributed by atoms with van der Waals surface area (Å²) >= 11 is 1.67. The van der Waals surface area contributed by atoms with Gasteiger partial charge in [0.25, 0.3) is 9.84 Å². The van der Waals surface area contributed by atoms with Gasteiger partial charge in [-0.15, -0.1) is 0 Å². The molecule has 0 spiro atoms. The summed E-state index contributed by atoms with van der Waals surface area (Å²) in [5, 5.41) is 4.23. The Balaban J connectivity index is 1.03. The lowest BCUT2D eigenvalue weighted by Crippen LogP contribution is -2.50. The summed E-state index contributed by atoms with van der Waals surface area (Å²) in [7, 11) is -5.36. The molecule has 0 atom stereocenters. The van der Waals surface area contributed by atoms with Crippen molar-refractivity contribution in [3.63, 3.8) is 0 Å². The van der Waals surface area contributed by atoms with E-state index in [0.29, 0.717) is 18.8 Å². The number of carbonyl (C=O) groups excluding carboxylic acids is 1. The number of sulfone groups is 1. The van der Waals surface area contributed by atoms with Crippen LogP contribution in [0.3, 0.4) is 0 Å². The lowest BCUT2D eigenvalue weighted by atomic mass is 9.93. The maximum atomic E-state index is 12.8. The number of aryl methyl sites for hydroxylation is 1. The molecule has 1 saturated heterocycles. The second-order valence-electron chi connectivity index (χ2n) is 10.2. The van der Waals surface area contributed by atoms with Crippen molar-refractivity contribution in [2.75, 3.05) is 43.0 Å². The molecule has 0 bridgehead atoms. The Kier molecular flexibility index (Phi) is 8.25. The van der Waals surface area contributed by atoms with E-state index >= 15 is 0 Å². The van der Waals surface area contributed by atoms with E-state index in [1.54, 1.807) is 11.3 Å². The van der Waals surface area contributed by atoms with Gasteiger partial charge in [0.15, 0.2) is 5.13 Å². The molecule has 0 unspecified atom stereocenters. The van der Waals surface area contributed by atoms with Crippen LogP contribution in [0.25, 0.3) is 10.2 Å². The molecule has 5 rings (SSSR count). The number of anilines is 2. The van der Waals surface area contributed by atoms with E-state index in [2.05, 4.69) is 35.3 Å². The molecular weight excluding hydrogens is 565 g/mol. The highest BCUT2D eigenvalue weighted by molar-refractivity contribution is 7.92. The van der Waals surface area contributed by atoms with Gasteiger partial charge < -0.3 is 19.9 Å². The van der Waals surface area contributed by atoms with Crippen LogP contribution in [-0.2, 0) is 19.4 Å². The van der Waals surface area contributed by atoms with E-state index in [0.717, 1.165) is 66.3 Å². The molecular formula is C27H31F3N4O4S2. The molecule has 3 aromatic rings. The zero-order chi connectivity index (χ0) is 28.5. The van der Waals surface area contributed by atoms with Gasteiger partial charge in [-0.2, -0.15) is 13.2 Å². The van der Waals surface area contributed by atoms with Crippen molar-refractivity contribution in [3.05, 3.63) is 48.0 Å². The minimum Gasteiger partial charge on any atom is -0.382 e. The number of benzene rings is 2. The van der Waals surface area contributed by atoms with Crippen LogP contribution in [-0.4, -0.2) is 74.6 Å². The number of hydrogen-bond acceptors (Lipinski definition) is 8. The van der Waals surface area contributed by atoms with Crippen LogP contribution >= 0.6 is 11.3 Å². The maximum Gasteiger partial charge on any atom is 0.501 e. The van der Waals surface area contributed by atoms with Gasteiger partial charge in [0.1, 0.15) is 6.61 Å². The van der Waals surface area contributed by atoms with Crippen LogP contribution in [0.4, 0.5) is 24.0 Å². The van der Waals surface area contributed by atoms with Crippen LogP contribution in [0.2, 0.25) is 0 Å². The Hall–Kier alpha value is -2.90. The predicted octanol–water partition coefficient (Wildman–Crippen LogP) is 4.99. The minimum atomic E-state index is -5.36. The number of ether oxygens (including phenoxy) is 1. The van der Waals surface area contributed by atoms with Crippen LogP contribution < -0.4 is 10.2 Å². The van der Waals surface area contributed by atoms with Crippen molar-refractivity contribution < 1.29 is 31.1 Å². The molecule has 2 fully saturated rings. The molecule has 1 amide bonds. The van der Waals surface area contributed by atoms with Crippen molar-refractivity contribution in [1.82, 2.24) is 9.88 Å². The Labute approximate surface area is 235 Å². The molecule has 1 aliphatic heterocycles. The standard InChI is InChI=1S/C27H31F3N4O4S2/c1-18-2-11-24-23(16-18)32-26(39-24)34-14-12-33(13-15-34)25(35)17-38-21-7-3-19(4-8-21)31-20-5-9-22(10-6-20)40(36,37)27(28,29)30/h2,5-6,9-11,16,19,21,31H,3-4,7-8,12-15,17H2,1H3. The Morgan fingerprint density at radius 3 is 2.38 bits per heavy atom. The van der Waals surface area contributed by atoms with Crippen LogP contribution in [0.15, 0.2) is 47.4 Å². The van der Waals surface area contributed by atoms with Crippen molar-refractivity contribution in [3.8, 4) is 0 Å². The third kappa shape index (κ3) is 6.36. The fourth-order valence-corrected chi connectivity index (χ4v) is 6.82. The summed E-state index contributed by atoms with van der Waals surface area (Å²) < 4.78 is 68.3. The smallest absolute Gasteiger partial charge is 0.382 e. The summed E-state index contributed by atoms with van der Waals surface area (Å²) in [4.78, 5) is 20.8. The van der Waals surface area contributed by atoms with Gasteiger partial charge >= 0.3 is 5.51 Å². The summed E-state index contributed by atoms with van der Waals surface area (Å²) in [6.07, 6.45) is 2.99. The van der Waals surface area contributed by atoms with Crippen LogP contribution in [0.5, 0.6) is 0 Å². The summed E-state index contributed by atoms with van der Waals surface area (Å²) in [5.74, 6) is -0.0197. The quantitative estimate of drug-likeness (QED) is 0.411. The first-order valence-corrected chi connectivity index (χ1v) is 15.5. The first-order valence-electron chi connectivity index (χ1n) is 13.2. The summed E-state index contributed by atoms with van der Waals surface area (Å²) in [6.45, 7) is 4.79. The number of piperazine rings is 1. The zero-order valence-corrected chi connectivity index (χ0v) is 23.6. The number of rotatable bonds is 7. The van der Waals surface area contributed by atoms with Gasteiger partial charge in [-0.1, -0.05) is 17.4 Å². The third-order valence-electron chi connectivity index (χ3n) is 7.39. The normalized spacial score (nSPS) is 20.6. The van der Waals surface area contributed by atoms with Crippen LogP contribution in [0, 0.1) is 6.92 Å². The number of thiazole rings is 1. The lowest BCUT2D eigenvalue weighted by molar-refractivity contribution is -0.139. The average Bonchev–Trinajstić information content (AvgIpc) is 3.35. The first kappa shape index (κ1) is 28.6. The van der Waals surface area contributed by atoms with Gasteiger partial charge in [-0.3, -0.25) is 4.79 Å². The first-order chi connectivity index (χ1) is 19.0. The van der Waals surface area contributed by atoms with Crippen LogP contribution in [0.1, 0.15) is 31.2 Å². The van der Waals surface area contributed by atoms with Gasteiger partial charge in [-0.25, -0.2) is 13.4 Å². The number of carbonyl (C=O) groups is 1. The molecule has 1 aromatic heterocycles. The monoisotopic (exact) mass is 596 g/mol. The van der Waals surface area contributed by atoms with Crippen molar-refractivity contribution in [2.45, 2.75) is 55.2 Å². The number of halogens is 3. The molecule has 1 aliphatic carbocycles. The second kappa shape index (κ2) is 11.5. The maximum absolute atomic E-state index is 12.8. The second-order valence-corrected chi connectivity index (χ2v) is 13.2. The van der Waals surface area contributed by atoms with E-state index in [9.17, 15) is 26.4 Å². The Morgan fingerprint density at radius 2 is 1.73 bits per heavy atom. The number of aromatic nitrogens is 1. The van der Waals surface area contributed by atoms with E-state index in [4.69, 9.17) is 9.72 Å². The molecule has 1 N–H and O–H groups in total. The van der Waals surface area contributed by atoms with Gasteiger partial charge in [0.2, 0.25) is 5.91 Å².